The van der Waals surface area contributed by atoms with Crippen LogP contribution in [0.25, 0.3) is 11.3 Å². The molecule has 2 fully saturated rings. The van der Waals surface area contributed by atoms with E-state index in [1.165, 1.54) is 21.9 Å². The highest BCUT2D eigenvalue weighted by Crippen LogP contribution is 2.41. The third-order valence-corrected chi connectivity index (χ3v) is 14.8. The Kier molecular flexibility index (Phi) is 11.3. The number of fused-ring (bicyclic) bond motifs is 4. The Bertz CT molecular complexity index is 2940. The topological polar surface area (TPSA) is 173 Å². The molecule has 16 nitrogen and oxygen atoms in total. The third kappa shape index (κ3) is 7.92. The number of piperidine rings is 1. The van der Waals surface area contributed by atoms with Gasteiger partial charge in [0.05, 0.1) is 34.8 Å². The van der Waals surface area contributed by atoms with E-state index >= 15 is 0 Å². The number of anilines is 6. The Morgan fingerprint density at radius 2 is 1.76 bits per heavy atom. The molecule has 0 unspecified atom stereocenters. The summed E-state index contributed by atoms with van der Waals surface area (Å²) >= 11 is 0. The summed E-state index contributed by atoms with van der Waals surface area (Å²) in [6, 6.07) is 16.1. The standard InChI is InChI=1S/C52H61N11O5/c1-8-44(65)55-38-25-33(12-13-40(38)61-21-20-60(28-31(61)2)34-15-18-59(19-16-34)41-11-9-10-37-45(41)48(66)57-52(37,5)6)54-46-50(68)58(7)29-39(56-46)35-14-17-53-47(36(35)30-64)63-23-22-62-42(49(63)67)24-32-26-51(3,4)27-43(32)62/h8-14,17,24-25,29,31,34,64H,1,15-16,18-23,26-28,30H2,2-7H3,(H,54,56)(H,55,65)(H,57,66)/t31-/m0/s1. The summed E-state index contributed by atoms with van der Waals surface area (Å²) in [4.78, 5) is 72.0. The molecule has 354 valence electrons. The lowest BCUT2D eigenvalue weighted by atomic mass is 9.90. The van der Waals surface area contributed by atoms with Gasteiger partial charge in [-0.2, -0.15) is 0 Å². The number of aromatic nitrogens is 4. The van der Waals surface area contributed by atoms with Crippen LogP contribution in [0.5, 0.6) is 0 Å². The molecule has 10 rings (SSSR count). The summed E-state index contributed by atoms with van der Waals surface area (Å²) in [5.41, 5.74) is 8.69. The summed E-state index contributed by atoms with van der Waals surface area (Å²) in [5, 5.41) is 20.2. The van der Waals surface area contributed by atoms with Crippen LogP contribution < -0.4 is 36.2 Å². The van der Waals surface area contributed by atoms with Gasteiger partial charge >= 0.3 is 0 Å². The number of amides is 3. The molecule has 0 bridgehead atoms. The Labute approximate surface area is 396 Å². The van der Waals surface area contributed by atoms with Crippen molar-refractivity contribution in [2.24, 2.45) is 12.5 Å². The monoisotopic (exact) mass is 919 g/mol. The maximum atomic E-state index is 14.1. The van der Waals surface area contributed by atoms with Crippen LogP contribution in [-0.4, -0.2) is 98.2 Å². The molecule has 2 saturated heterocycles. The van der Waals surface area contributed by atoms with Gasteiger partial charge in [-0.15, -0.1) is 0 Å². The number of aliphatic hydroxyl groups is 1. The first kappa shape index (κ1) is 45.0. The molecule has 0 saturated carbocycles. The number of benzene rings is 2. The third-order valence-electron chi connectivity index (χ3n) is 14.8. The fourth-order valence-electron chi connectivity index (χ4n) is 11.4. The van der Waals surface area contributed by atoms with E-state index < -0.39 is 6.61 Å². The highest BCUT2D eigenvalue weighted by Gasteiger charge is 2.40. The second-order valence-electron chi connectivity index (χ2n) is 20.4. The minimum Gasteiger partial charge on any atom is -0.392 e. The number of aliphatic hydroxyl groups excluding tert-OH is 1. The maximum Gasteiger partial charge on any atom is 0.293 e. The fraction of sp³-hybridized carbons (Fsp3) is 0.423. The van der Waals surface area contributed by atoms with Gasteiger partial charge in [-0.25, -0.2) is 9.97 Å². The van der Waals surface area contributed by atoms with Gasteiger partial charge in [0.25, 0.3) is 17.4 Å². The Morgan fingerprint density at radius 1 is 0.971 bits per heavy atom. The number of pyridine rings is 1. The van der Waals surface area contributed by atoms with E-state index in [1.54, 1.807) is 36.5 Å². The minimum absolute atomic E-state index is 0.000746. The van der Waals surface area contributed by atoms with Crippen LogP contribution in [0.1, 0.15) is 90.7 Å². The first-order chi connectivity index (χ1) is 32.5. The number of hydrogen-bond donors (Lipinski definition) is 4. The average molecular weight is 920 g/mol. The number of carbonyl (C=O) groups excluding carboxylic acids is 3. The molecular weight excluding hydrogens is 859 g/mol. The zero-order valence-electron chi connectivity index (χ0n) is 39.9. The average Bonchev–Trinajstić information content (AvgIpc) is 3.90. The lowest BCUT2D eigenvalue weighted by Crippen LogP contribution is -2.57. The molecule has 5 aliphatic rings. The molecule has 1 aliphatic carbocycles. The van der Waals surface area contributed by atoms with E-state index in [1.807, 2.05) is 18.2 Å². The van der Waals surface area contributed by atoms with Crippen molar-refractivity contribution in [2.75, 3.05) is 64.6 Å². The van der Waals surface area contributed by atoms with Crippen LogP contribution in [-0.2, 0) is 43.4 Å². The van der Waals surface area contributed by atoms with Crippen molar-refractivity contribution in [3.8, 4) is 11.3 Å². The maximum absolute atomic E-state index is 14.1. The first-order valence-corrected chi connectivity index (χ1v) is 23.8. The van der Waals surface area contributed by atoms with Gasteiger partial charge < -0.3 is 40.0 Å². The van der Waals surface area contributed by atoms with Gasteiger partial charge in [0.1, 0.15) is 11.5 Å². The summed E-state index contributed by atoms with van der Waals surface area (Å²) in [7, 11) is 1.64. The van der Waals surface area contributed by atoms with E-state index in [-0.39, 0.29) is 46.1 Å². The van der Waals surface area contributed by atoms with Crippen molar-refractivity contribution >= 4 is 52.1 Å². The number of aryl methyl sites for hydroxylation is 1. The van der Waals surface area contributed by atoms with Crippen molar-refractivity contribution in [3.05, 3.63) is 118 Å². The second-order valence-corrected chi connectivity index (χ2v) is 20.4. The second kappa shape index (κ2) is 17.1. The van der Waals surface area contributed by atoms with Crippen LogP contribution in [0.15, 0.2) is 78.4 Å². The minimum atomic E-state index is -0.406. The van der Waals surface area contributed by atoms with Crippen LogP contribution in [0, 0.1) is 5.41 Å². The molecular formula is C52H61N11O5. The van der Waals surface area contributed by atoms with Crippen molar-refractivity contribution in [1.82, 2.24) is 29.3 Å². The summed E-state index contributed by atoms with van der Waals surface area (Å²) in [6.07, 6.45) is 8.28. The molecule has 16 heteroatoms. The molecule has 3 amide bonds. The number of carbonyl (C=O) groups is 3. The van der Waals surface area contributed by atoms with E-state index in [0.717, 1.165) is 80.9 Å². The molecule has 0 spiro atoms. The Hall–Kier alpha value is -6.78. The smallest absolute Gasteiger partial charge is 0.293 e. The van der Waals surface area contributed by atoms with Gasteiger partial charge in [-0.05, 0) is 105 Å². The van der Waals surface area contributed by atoms with Gasteiger partial charge in [0, 0.05) is 106 Å². The number of piperazine rings is 1. The SMILES string of the molecule is C=CC(=O)Nc1cc(Nc2nc(-c3ccnc(N4CCn5c(cc6c5CC(C)(C)C6)C4=O)c3CO)cn(C)c2=O)ccc1N1CCN(C2CCN(c3cccc4c3C(=O)NC4(C)C)CC2)C[C@@H]1C. The molecule has 4 aliphatic heterocycles. The lowest BCUT2D eigenvalue weighted by Gasteiger charge is -2.47. The van der Waals surface area contributed by atoms with E-state index in [2.05, 4.69) is 99.6 Å². The van der Waals surface area contributed by atoms with E-state index in [0.29, 0.717) is 58.8 Å². The van der Waals surface area contributed by atoms with Gasteiger partial charge in [-0.1, -0.05) is 32.6 Å². The zero-order chi connectivity index (χ0) is 47.8. The van der Waals surface area contributed by atoms with Crippen molar-refractivity contribution in [1.29, 1.82) is 0 Å². The quantitative estimate of drug-likeness (QED) is 0.122. The lowest BCUT2D eigenvalue weighted by molar-refractivity contribution is -0.111. The molecule has 68 heavy (non-hydrogen) atoms. The fourth-order valence-corrected chi connectivity index (χ4v) is 11.4. The highest BCUT2D eigenvalue weighted by atomic mass is 16.3. The first-order valence-electron chi connectivity index (χ1n) is 23.8. The molecule has 3 aromatic heterocycles. The van der Waals surface area contributed by atoms with Crippen LogP contribution >= 0.6 is 0 Å². The van der Waals surface area contributed by atoms with Crippen LogP contribution in [0.2, 0.25) is 0 Å². The predicted molar refractivity (Wildman–Crippen MR) is 265 cm³/mol. The van der Waals surface area contributed by atoms with E-state index in [4.69, 9.17) is 4.98 Å². The highest BCUT2D eigenvalue weighted by molar-refractivity contribution is 6.07. The van der Waals surface area contributed by atoms with Gasteiger partial charge in [0.2, 0.25) is 5.91 Å². The summed E-state index contributed by atoms with van der Waals surface area (Å²) in [5.74, 6) is -0.122. The summed E-state index contributed by atoms with van der Waals surface area (Å²) in [6.45, 7) is 19.3. The Morgan fingerprint density at radius 3 is 2.51 bits per heavy atom. The molecule has 2 aromatic carbocycles. The number of nitrogens with zero attached hydrogens (tertiary/aromatic N) is 8. The molecule has 5 aromatic rings. The molecule has 1 atom stereocenters. The van der Waals surface area contributed by atoms with Gasteiger partial charge in [0.15, 0.2) is 5.82 Å². The van der Waals surface area contributed by atoms with E-state index in [9.17, 15) is 24.3 Å². The molecule has 0 radical (unpaired) electrons. The Balaban J connectivity index is 0.855. The largest absolute Gasteiger partial charge is 0.392 e. The number of nitrogens with one attached hydrogen (secondary N) is 3. The van der Waals surface area contributed by atoms with Crippen molar-refractivity contribution < 1.29 is 19.5 Å². The van der Waals surface area contributed by atoms with Crippen LogP contribution in [0.3, 0.4) is 0 Å². The van der Waals surface area contributed by atoms with Crippen molar-refractivity contribution in [3.63, 3.8) is 0 Å². The number of hydrogen-bond acceptors (Lipinski definition) is 11. The molecule has 7 heterocycles. The normalized spacial score (nSPS) is 19.9. The van der Waals surface area contributed by atoms with Gasteiger partial charge in [-0.3, -0.25) is 29.0 Å². The molecule has 4 N–H and O–H groups in total. The zero-order valence-corrected chi connectivity index (χ0v) is 39.9. The predicted octanol–water partition coefficient (Wildman–Crippen LogP) is 5.95. The number of rotatable bonds is 10. The van der Waals surface area contributed by atoms with Crippen LogP contribution in [0.4, 0.5) is 34.4 Å². The van der Waals surface area contributed by atoms with Crippen molar-refractivity contribution in [2.45, 2.75) is 91.1 Å². The summed E-state index contributed by atoms with van der Waals surface area (Å²) < 4.78 is 3.58.